The van der Waals surface area contributed by atoms with Crippen LogP contribution in [0, 0.1) is 6.92 Å². The smallest absolute Gasteiger partial charge is 0.240 e. The maximum absolute atomic E-state index is 12.1. The fourth-order valence-electron chi connectivity index (χ4n) is 2.20. The molecule has 2 amide bonds. The number of nitrogens with one attached hydrogen (secondary N) is 1. The van der Waals surface area contributed by atoms with Gasteiger partial charge in [0, 0.05) is 13.5 Å². The monoisotopic (exact) mass is 321 g/mol. The van der Waals surface area contributed by atoms with E-state index < -0.39 is 0 Å². The Kier molecular flexibility index (Phi) is 7.54. The summed E-state index contributed by atoms with van der Waals surface area (Å²) in [4.78, 5) is 27.6. The Morgan fingerprint density at radius 2 is 1.96 bits per heavy atom. The first-order valence-corrected chi connectivity index (χ1v) is 7.69. The van der Waals surface area contributed by atoms with Gasteiger partial charge in [0.1, 0.15) is 12.3 Å². The predicted octanol–water partition coefficient (Wildman–Crippen LogP) is 1.42. The Labute approximate surface area is 138 Å². The van der Waals surface area contributed by atoms with Crippen molar-refractivity contribution in [3.05, 3.63) is 23.8 Å². The molecule has 1 N–H and O–H groups in total. The van der Waals surface area contributed by atoms with Gasteiger partial charge in [-0.2, -0.15) is 0 Å². The van der Waals surface area contributed by atoms with Crippen LogP contribution in [0.15, 0.2) is 18.2 Å². The van der Waals surface area contributed by atoms with Crippen molar-refractivity contribution < 1.29 is 14.3 Å². The second-order valence-electron chi connectivity index (χ2n) is 5.79. The van der Waals surface area contributed by atoms with E-state index in [1.54, 1.807) is 13.2 Å². The fraction of sp³-hybridized carbons (Fsp3) is 0.529. The van der Waals surface area contributed by atoms with Gasteiger partial charge in [-0.05, 0) is 51.7 Å². The number of nitrogens with zero attached hydrogens (tertiary/aromatic N) is 2. The molecular weight excluding hydrogens is 294 g/mol. The van der Waals surface area contributed by atoms with Crippen LogP contribution in [-0.2, 0) is 9.59 Å². The van der Waals surface area contributed by atoms with Crippen LogP contribution in [0.3, 0.4) is 0 Å². The summed E-state index contributed by atoms with van der Waals surface area (Å²) in [6.07, 6.45) is 0.868. The van der Waals surface area contributed by atoms with Gasteiger partial charge in [0.2, 0.25) is 11.8 Å². The number of aryl methyl sites for hydroxylation is 1. The number of amides is 2. The van der Waals surface area contributed by atoms with Gasteiger partial charge in [-0.1, -0.05) is 6.07 Å². The number of ether oxygens (including phenoxy) is 1. The van der Waals surface area contributed by atoms with Gasteiger partial charge in [0.15, 0.2) is 0 Å². The highest BCUT2D eigenvalue weighted by Gasteiger charge is 2.19. The minimum atomic E-state index is -0.197. The molecule has 0 spiro atoms. The van der Waals surface area contributed by atoms with Crippen LogP contribution in [0.4, 0.5) is 5.69 Å². The summed E-state index contributed by atoms with van der Waals surface area (Å²) in [6.45, 7) is 4.86. The Hall–Kier alpha value is -2.08. The van der Waals surface area contributed by atoms with Crippen molar-refractivity contribution in [2.24, 2.45) is 0 Å². The molecule has 0 aliphatic carbocycles. The summed E-state index contributed by atoms with van der Waals surface area (Å²) in [7, 11) is 5.53. The first-order valence-electron chi connectivity index (χ1n) is 7.69. The summed E-state index contributed by atoms with van der Waals surface area (Å²) in [5, 5.41) is 2.84. The number of hydrogen-bond donors (Lipinski definition) is 1. The van der Waals surface area contributed by atoms with E-state index in [9.17, 15) is 9.59 Å². The summed E-state index contributed by atoms with van der Waals surface area (Å²) in [5.74, 6) is 0.200. The van der Waals surface area contributed by atoms with Crippen LogP contribution in [0.5, 0.6) is 5.75 Å². The summed E-state index contributed by atoms with van der Waals surface area (Å²) < 4.78 is 5.31. The molecule has 0 bridgehead atoms. The minimum Gasteiger partial charge on any atom is -0.495 e. The van der Waals surface area contributed by atoms with Gasteiger partial charge in [0.05, 0.1) is 12.8 Å². The third-order valence-corrected chi connectivity index (χ3v) is 3.41. The standard InChI is InChI=1S/C17H27N3O3/c1-13-7-8-16(23-5)15(11-13)20(14(2)21)12-17(22)18-9-6-10-19(3)4/h7-8,11H,6,9-10,12H2,1-5H3,(H,18,22). The predicted molar refractivity (Wildman–Crippen MR) is 91.9 cm³/mol. The SMILES string of the molecule is COc1ccc(C)cc1N(CC(=O)NCCCN(C)C)C(C)=O. The molecule has 6 nitrogen and oxygen atoms in total. The fourth-order valence-corrected chi connectivity index (χ4v) is 2.20. The van der Waals surface area contributed by atoms with E-state index in [-0.39, 0.29) is 18.4 Å². The third kappa shape index (κ3) is 6.28. The van der Waals surface area contributed by atoms with Crippen molar-refractivity contribution >= 4 is 17.5 Å². The van der Waals surface area contributed by atoms with Gasteiger partial charge in [0.25, 0.3) is 0 Å². The molecule has 0 aromatic heterocycles. The van der Waals surface area contributed by atoms with E-state index in [0.717, 1.165) is 18.5 Å². The zero-order valence-electron chi connectivity index (χ0n) is 14.7. The van der Waals surface area contributed by atoms with Crippen LogP contribution >= 0.6 is 0 Å². The normalized spacial score (nSPS) is 10.5. The van der Waals surface area contributed by atoms with E-state index >= 15 is 0 Å². The van der Waals surface area contributed by atoms with Crippen LogP contribution in [0.25, 0.3) is 0 Å². The Bertz CT molecular complexity index is 544. The maximum Gasteiger partial charge on any atom is 0.240 e. The molecule has 0 unspecified atom stereocenters. The number of rotatable bonds is 8. The van der Waals surface area contributed by atoms with Crippen LogP contribution in [0.2, 0.25) is 0 Å². The average Bonchev–Trinajstić information content (AvgIpc) is 2.48. The topological polar surface area (TPSA) is 61.9 Å². The first-order chi connectivity index (χ1) is 10.8. The largest absolute Gasteiger partial charge is 0.495 e. The molecule has 0 fully saturated rings. The summed E-state index contributed by atoms with van der Waals surface area (Å²) in [5.41, 5.74) is 1.61. The van der Waals surface area contributed by atoms with Crippen molar-refractivity contribution in [3.63, 3.8) is 0 Å². The lowest BCUT2D eigenvalue weighted by Gasteiger charge is -2.23. The number of carbonyl (C=O) groups is 2. The second kappa shape index (κ2) is 9.15. The van der Waals surface area contributed by atoms with Crippen molar-refractivity contribution in [2.45, 2.75) is 20.3 Å². The molecule has 1 rings (SSSR count). The lowest BCUT2D eigenvalue weighted by molar-refractivity contribution is -0.123. The third-order valence-electron chi connectivity index (χ3n) is 3.41. The molecule has 0 saturated heterocycles. The molecule has 0 aliphatic rings. The number of carbonyl (C=O) groups excluding carboxylic acids is 2. The van der Waals surface area contributed by atoms with E-state index in [1.807, 2.05) is 33.2 Å². The molecule has 0 heterocycles. The summed E-state index contributed by atoms with van der Waals surface area (Å²) in [6, 6.07) is 5.55. The van der Waals surface area contributed by atoms with E-state index in [2.05, 4.69) is 10.2 Å². The number of anilines is 1. The van der Waals surface area contributed by atoms with Crippen molar-refractivity contribution in [1.82, 2.24) is 10.2 Å². The second-order valence-corrected chi connectivity index (χ2v) is 5.79. The van der Waals surface area contributed by atoms with E-state index in [1.165, 1.54) is 11.8 Å². The molecule has 0 aliphatic heterocycles. The number of hydrogen-bond acceptors (Lipinski definition) is 4. The molecular formula is C17H27N3O3. The van der Waals surface area contributed by atoms with Crippen molar-refractivity contribution in [2.75, 3.05) is 45.7 Å². The van der Waals surface area contributed by atoms with Gasteiger partial charge >= 0.3 is 0 Å². The lowest BCUT2D eigenvalue weighted by atomic mass is 10.2. The number of methoxy groups -OCH3 is 1. The molecule has 0 saturated carbocycles. The van der Waals surface area contributed by atoms with Gasteiger partial charge in [-0.25, -0.2) is 0 Å². The quantitative estimate of drug-likeness (QED) is 0.736. The highest BCUT2D eigenvalue weighted by atomic mass is 16.5. The molecule has 1 aromatic rings. The Morgan fingerprint density at radius 1 is 1.26 bits per heavy atom. The van der Waals surface area contributed by atoms with Gasteiger partial charge < -0.3 is 15.0 Å². The zero-order valence-corrected chi connectivity index (χ0v) is 14.7. The van der Waals surface area contributed by atoms with E-state index in [4.69, 9.17) is 4.74 Å². The lowest BCUT2D eigenvalue weighted by Crippen LogP contribution is -2.40. The Balaban J connectivity index is 2.74. The summed E-state index contributed by atoms with van der Waals surface area (Å²) >= 11 is 0. The van der Waals surface area contributed by atoms with Crippen molar-refractivity contribution in [3.8, 4) is 5.75 Å². The molecule has 128 valence electrons. The van der Waals surface area contributed by atoms with Crippen molar-refractivity contribution in [1.29, 1.82) is 0 Å². The average molecular weight is 321 g/mol. The molecule has 0 radical (unpaired) electrons. The van der Waals surface area contributed by atoms with E-state index in [0.29, 0.717) is 18.0 Å². The van der Waals surface area contributed by atoms with Crippen LogP contribution < -0.4 is 15.0 Å². The Morgan fingerprint density at radius 3 is 2.52 bits per heavy atom. The molecule has 6 heteroatoms. The molecule has 0 atom stereocenters. The molecule has 1 aromatic carbocycles. The zero-order chi connectivity index (χ0) is 17.4. The van der Waals surface area contributed by atoms with Crippen LogP contribution in [-0.4, -0.2) is 57.6 Å². The highest BCUT2D eigenvalue weighted by molar-refractivity contribution is 5.98. The highest BCUT2D eigenvalue weighted by Crippen LogP contribution is 2.29. The first kappa shape index (κ1) is 19.0. The van der Waals surface area contributed by atoms with Gasteiger partial charge in [-0.3, -0.25) is 14.5 Å². The maximum atomic E-state index is 12.1. The molecule has 23 heavy (non-hydrogen) atoms. The van der Waals surface area contributed by atoms with Gasteiger partial charge in [-0.15, -0.1) is 0 Å². The minimum absolute atomic E-state index is 0.0168. The number of benzene rings is 1. The van der Waals surface area contributed by atoms with Crippen LogP contribution in [0.1, 0.15) is 18.9 Å².